The van der Waals surface area contributed by atoms with Gasteiger partial charge in [0.25, 0.3) is 0 Å². The molecule has 21 heavy (non-hydrogen) atoms. The van der Waals surface area contributed by atoms with Crippen LogP contribution in [0.25, 0.3) is 0 Å². The van der Waals surface area contributed by atoms with E-state index in [2.05, 4.69) is 16.9 Å². The molecular formula is C14H22IN3O2S. The average Bonchev–Trinajstić information content (AvgIpc) is 2.33. The quantitative estimate of drug-likeness (QED) is 0.329. The van der Waals surface area contributed by atoms with E-state index >= 15 is 0 Å². The Bertz CT molecular complexity index is 640. The number of aliphatic imine (C=N–C) groups is 1. The molecule has 0 radical (unpaired) electrons. The van der Waals surface area contributed by atoms with Gasteiger partial charge in [-0.25, -0.2) is 13.4 Å². The number of sulfone groups is 1. The maximum Gasteiger partial charge on any atom is 0.189 e. The number of guanidine groups is 1. The third-order valence-electron chi connectivity index (χ3n) is 2.66. The second-order valence-electron chi connectivity index (χ2n) is 4.88. The lowest BCUT2D eigenvalue weighted by Gasteiger charge is -2.07. The zero-order chi connectivity index (χ0) is 15.3. The van der Waals surface area contributed by atoms with E-state index in [0.717, 1.165) is 16.7 Å². The van der Waals surface area contributed by atoms with Gasteiger partial charge in [0.2, 0.25) is 0 Å². The lowest BCUT2D eigenvalue weighted by Crippen LogP contribution is -2.32. The summed E-state index contributed by atoms with van der Waals surface area (Å²) in [6, 6.07) is 5.26. The number of hydrogen-bond acceptors (Lipinski definition) is 3. The number of nitrogens with two attached hydrogens (primary N) is 1. The minimum absolute atomic E-state index is 0. The maximum atomic E-state index is 11.6. The molecule has 0 aliphatic rings. The fraction of sp³-hybridized carbons (Fsp3) is 0.357. The van der Waals surface area contributed by atoms with E-state index in [1.807, 2.05) is 13.0 Å². The van der Waals surface area contributed by atoms with Crippen LogP contribution in [0.2, 0.25) is 0 Å². The third-order valence-corrected chi connectivity index (χ3v) is 3.89. The summed E-state index contributed by atoms with van der Waals surface area (Å²) in [6.07, 6.45) is 1.20. The van der Waals surface area contributed by atoms with E-state index in [1.54, 1.807) is 19.1 Å². The van der Waals surface area contributed by atoms with Gasteiger partial charge in [0.15, 0.2) is 15.8 Å². The van der Waals surface area contributed by atoms with Crippen molar-refractivity contribution in [3.63, 3.8) is 0 Å². The second kappa shape index (κ2) is 8.38. The van der Waals surface area contributed by atoms with Crippen molar-refractivity contribution in [1.29, 1.82) is 0 Å². The van der Waals surface area contributed by atoms with Crippen LogP contribution < -0.4 is 11.1 Å². The first-order valence-electron chi connectivity index (χ1n) is 6.18. The predicted molar refractivity (Wildman–Crippen MR) is 97.8 cm³/mol. The molecule has 1 aromatic rings. The molecule has 0 aromatic heterocycles. The molecular weight excluding hydrogens is 401 g/mol. The van der Waals surface area contributed by atoms with Gasteiger partial charge >= 0.3 is 0 Å². The first kappa shape index (κ1) is 19.9. The van der Waals surface area contributed by atoms with Crippen LogP contribution in [0.4, 0.5) is 0 Å². The minimum atomic E-state index is -3.22. The van der Waals surface area contributed by atoms with Gasteiger partial charge in [0, 0.05) is 12.8 Å². The van der Waals surface area contributed by atoms with Gasteiger partial charge in [-0.05, 0) is 31.0 Å². The Balaban J connectivity index is 0.00000400. The monoisotopic (exact) mass is 423 g/mol. The maximum absolute atomic E-state index is 11.6. The van der Waals surface area contributed by atoms with Crippen molar-refractivity contribution < 1.29 is 8.42 Å². The molecule has 0 spiro atoms. The van der Waals surface area contributed by atoms with Crippen molar-refractivity contribution in [3.05, 3.63) is 41.5 Å². The molecule has 0 fully saturated rings. The van der Waals surface area contributed by atoms with Gasteiger partial charge in [-0.1, -0.05) is 24.3 Å². The molecule has 7 heteroatoms. The van der Waals surface area contributed by atoms with Crippen LogP contribution in [0.15, 0.2) is 40.2 Å². The Morgan fingerprint density at radius 2 is 2.05 bits per heavy atom. The Morgan fingerprint density at radius 3 is 2.57 bits per heavy atom. The Hall–Kier alpha value is -1.09. The van der Waals surface area contributed by atoms with Gasteiger partial charge in [-0.3, -0.25) is 0 Å². The van der Waals surface area contributed by atoms with Crippen molar-refractivity contribution in [3.8, 4) is 0 Å². The summed E-state index contributed by atoms with van der Waals surface area (Å²) in [7, 11) is -3.22. The van der Waals surface area contributed by atoms with Gasteiger partial charge < -0.3 is 11.1 Å². The first-order chi connectivity index (χ1) is 9.20. The van der Waals surface area contributed by atoms with E-state index in [9.17, 15) is 8.42 Å². The molecule has 1 rings (SSSR count). The largest absolute Gasteiger partial charge is 0.370 e. The molecule has 0 aliphatic carbocycles. The summed E-state index contributed by atoms with van der Waals surface area (Å²) < 4.78 is 23.3. The van der Waals surface area contributed by atoms with Crippen LogP contribution in [0, 0.1) is 6.92 Å². The number of rotatable bonds is 5. The van der Waals surface area contributed by atoms with Gasteiger partial charge in [-0.2, -0.15) is 0 Å². The molecule has 0 unspecified atom stereocenters. The summed E-state index contributed by atoms with van der Waals surface area (Å²) >= 11 is 0. The van der Waals surface area contributed by atoms with Crippen molar-refractivity contribution in [2.75, 3.05) is 12.8 Å². The summed E-state index contributed by atoms with van der Waals surface area (Å²) in [5, 5.41) is 2.92. The van der Waals surface area contributed by atoms with Crippen molar-refractivity contribution >= 4 is 39.8 Å². The zero-order valence-corrected chi connectivity index (χ0v) is 15.7. The van der Waals surface area contributed by atoms with E-state index in [4.69, 9.17) is 5.73 Å². The van der Waals surface area contributed by atoms with E-state index in [1.165, 1.54) is 6.26 Å². The van der Waals surface area contributed by atoms with Crippen LogP contribution in [-0.4, -0.2) is 27.2 Å². The third kappa shape index (κ3) is 6.94. The number of benzene rings is 1. The molecule has 0 heterocycles. The molecule has 1 aromatic carbocycles. The van der Waals surface area contributed by atoms with E-state index in [0.29, 0.717) is 23.9 Å². The van der Waals surface area contributed by atoms with Crippen molar-refractivity contribution in [2.24, 2.45) is 10.7 Å². The van der Waals surface area contributed by atoms with Crippen LogP contribution in [-0.2, 0) is 16.4 Å². The molecule has 118 valence electrons. The Kier molecular flexibility index (Phi) is 7.94. The zero-order valence-electron chi connectivity index (χ0n) is 12.5. The standard InChI is InChI=1S/C14H21N3O2S.HI/c1-10(2)8-16-14(15)17-9-12-6-5-11(3)13(7-12)20(4,18)19;/h5-7H,1,8-9H2,2-4H3,(H3,15,16,17);1H. The van der Waals surface area contributed by atoms with Crippen LogP contribution in [0.1, 0.15) is 18.1 Å². The highest BCUT2D eigenvalue weighted by atomic mass is 127. The average molecular weight is 423 g/mol. The van der Waals surface area contributed by atoms with Gasteiger partial charge in [0.05, 0.1) is 11.4 Å². The van der Waals surface area contributed by atoms with Crippen molar-refractivity contribution in [1.82, 2.24) is 5.32 Å². The highest BCUT2D eigenvalue weighted by Crippen LogP contribution is 2.17. The predicted octanol–water partition coefficient (Wildman–Crippen LogP) is 2.00. The highest BCUT2D eigenvalue weighted by Gasteiger charge is 2.11. The Labute approximate surface area is 143 Å². The molecule has 0 saturated carbocycles. The topological polar surface area (TPSA) is 84.5 Å². The summed E-state index contributed by atoms with van der Waals surface area (Å²) in [6.45, 7) is 8.31. The number of halogens is 1. The van der Waals surface area contributed by atoms with E-state index < -0.39 is 9.84 Å². The fourth-order valence-electron chi connectivity index (χ4n) is 1.62. The molecule has 0 amide bonds. The first-order valence-corrected chi connectivity index (χ1v) is 8.07. The number of aryl methyl sites for hydroxylation is 1. The smallest absolute Gasteiger partial charge is 0.189 e. The highest BCUT2D eigenvalue weighted by molar-refractivity contribution is 14.0. The fourth-order valence-corrected chi connectivity index (χ4v) is 2.63. The SMILES string of the molecule is C=C(C)CNC(N)=NCc1ccc(C)c(S(C)(=O)=O)c1.I. The summed E-state index contributed by atoms with van der Waals surface area (Å²) in [5.74, 6) is 0.314. The van der Waals surface area contributed by atoms with Crippen molar-refractivity contribution in [2.45, 2.75) is 25.3 Å². The lowest BCUT2D eigenvalue weighted by molar-refractivity contribution is 0.601. The van der Waals surface area contributed by atoms with Gasteiger partial charge in [-0.15, -0.1) is 24.0 Å². The molecule has 5 nitrogen and oxygen atoms in total. The van der Waals surface area contributed by atoms with Crippen LogP contribution in [0.5, 0.6) is 0 Å². The second-order valence-corrected chi connectivity index (χ2v) is 6.87. The molecule has 3 N–H and O–H groups in total. The Morgan fingerprint density at radius 1 is 1.43 bits per heavy atom. The minimum Gasteiger partial charge on any atom is -0.370 e. The summed E-state index contributed by atoms with van der Waals surface area (Å²) in [5.41, 5.74) is 8.19. The summed E-state index contributed by atoms with van der Waals surface area (Å²) in [4.78, 5) is 4.50. The molecule has 0 aliphatic heterocycles. The normalized spacial score (nSPS) is 11.7. The lowest BCUT2D eigenvalue weighted by atomic mass is 10.1. The number of hydrogen-bond donors (Lipinski definition) is 2. The number of nitrogens with one attached hydrogen (secondary N) is 1. The number of nitrogens with zero attached hydrogens (tertiary/aromatic N) is 1. The molecule has 0 saturated heterocycles. The van der Waals surface area contributed by atoms with Gasteiger partial charge in [0.1, 0.15) is 0 Å². The van der Waals surface area contributed by atoms with Crippen LogP contribution >= 0.6 is 24.0 Å². The van der Waals surface area contributed by atoms with Crippen LogP contribution in [0.3, 0.4) is 0 Å². The van der Waals surface area contributed by atoms with E-state index in [-0.39, 0.29) is 24.0 Å². The molecule has 0 bridgehead atoms. The molecule has 0 atom stereocenters.